The Hall–Kier alpha value is -0.940. The Bertz CT molecular complexity index is 478. The summed E-state index contributed by atoms with van der Waals surface area (Å²) in [5, 5.41) is 10.0. The quantitative estimate of drug-likeness (QED) is 0.882. The third kappa shape index (κ3) is 3.26. The van der Waals surface area contributed by atoms with Crippen LogP contribution < -0.4 is 0 Å². The highest BCUT2D eigenvalue weighted by Crippen LogP contribution is 2.23. The van der Waals surface area contributed by atoms with Crippen LogP contribution in [-0.2, 0) is 9.84 Å². The third-order valence-electron chi connectivity index (χ3n) is 2.95. The average Bonchev–Trinajstić information content (AvgIpc) is 2.28. The average molecular weight is 260 g/mol. The second kappa shape index (κ2) is 5.14. The van der Waals surface area contributed by atoms with Gasteiger partial charge >= 0.3 is 0 Å². The first kappa shape index (κ1) is 14.1. The van der Waals surface area contributed by atoms with Gasteiger partial charge in [0.05, 0.1) is 11.4 Å². The molecule has 0 unspecified atom stereocenters. The normalized spacial score (nSPS) is 12.7. The minimum Gasteiger partial charge on any atom is -0.389 e. The van der Waals surface area contributed by atoms with Gasteiger partial charge in [-0.1, -0.05) is 26.0 Å². The molecule has 17 heavy (non-hydrogen) atoms. The van der Waals surface area contributed by atoms with Crippen LogP contribution in [0.15, 0.2) is 29.2 Å². The maximum absolute atomic E-state index is 13.4. The van der Waals surface area contributed by atoms with Crippen molar-refractivity contribution < 1.29 is 17.9 Å². The van der Waals surface area contributed by atoms with Crippen molar-refractivity contribution in [1.82, 2.24) is 0 Å². The van der Waals surface area contributed by atoms with E-state index in [2.05, 4.69) is 0 Å². The molecule has 0 atom stereocenters. The number of benzene rings is 1. The minimum absolute atomic E-state index is 0.317. The molecule has 0 aliphatic rings. The molecule has 1 rings (SSSR count). The van der Waals surface area contributed by atoms with E-state index in [0.717, 1.165) is 6.07 Å². The van der Waals surface area contributed by atoms with Gasteiger partial charge in [-0.05, 0) is 25.0 Å². The van der Waals surface area contributed by atoms with E-state index in [1.807, 2.05) is 0 Å². The van der Waals surface area contributed by atoms with Crippen molar-refractivity contribution >= 4 is 9.84 Å². The zero-order valence-electron chi connectivity index (χ0n) is 9.98. The lowest BCUT2D eigenvalue weighted by molar-refractivity contribution is 0.0554. The number of hydrogen-bond acceptors (Lipinski definition) is 3. The molecule has 5 heteroatoms. The summed E-state index contributed by atoms with van der Waals surface area (Å²) in [6.07, 6.45) is 0.633. The summed E-state index contributed by atoms with van der Waals surface area (Å²) < 4.78 is 37.4. The maximum atomic E-state index is 13.4. The number of halogens is 1. The summed E-state index contributed by atoms with van der Waals surface area (Å²) in [7, 11) is -3.80. The van der Waals surface area contributed by atoms with E-state index in [9.17, 15) is 17.9 Å². The Labute approximate surface area is 101 Å². The van der Waals surface area contributed by atoms with E-state index in [1.54, 1.807) is 13.8 Å². The predicted octanol–water partition coefficient (Wildman–Crippen LogP) is 2.15. The van der Waals surface area contributed by atoms with Crippen molar-refractivity contribution in [3.05, 3.63) is 30.1 Å². The van der Waals surface area contributed by atoms with Gasteiger partial charge < -0.3 is 5.11 Å². The third-order valence-corrected chi connectivity index (χ3v) is 4.87. The summed E-state index contributed by atoms with van der Waals surface area (Å²) in [4.78, 5) is -0.347. The van der Waals surface area contributed by atoms with Gasteiger partial charge in [-0.15, -0.1) is 0 Å². The number of sulfone groups is 1. The molecular weight excluding hydrogens is 243 g/mol. The first-order valence-corrected chi connectivity index (χ1v) is 7.19. The Balaban J connectivity index is 3.10. The SMILES string of the molecule is CCC(O)(CC)CS(=O)(=O)c1ccccc1F. The van der Waals surface area contributed by atoms with Crippen molar-refractivity contribution in [2.75, 3.05) is 5.75 Å². The van der Waals surface area contributed by atoms with Gasteiger partial charge in [0.2, 0.25) is 0 Å². The molecule has 0 aliphatic heterocycles. The number of aliphatic hydroxyl groups is 1. The highest BCUT2D eigenvalue weighted by Gasteiger charge is 2.32. The zero-order valence-corrected chi connectivity index (χ0v) is 10.8. The van der Waals surface area contributed by atoms with Gasteiger partial charge in [0.25, 0.3) is 0 Å². The standard InChI is InChI=1S/C12H17FO3S/c1-3-12(14,4-2)9-17(15,16)11-8-6-5-7-10(11)13/h5-8,14H,3-4,9H2,1-2H3. The molecule has 0 spiro atoms. The monoisotopic (exact) mass is 260 g/mol. The second-order valence-electron chi connectivity index (χ2n) is 4.12. The van der Waals surface area contributed by atoms with Crippen LogP contribution in [0.4, 0.5) is 4.39 Å². The molecule has 96 valence electrons. The lowest BCUT2D eigenvalue weighted by Gasteiger charge is -2.24. The van der Waals surface area contributed by atoms with E-state index in [0.29, 0.717) is 12.8 Å². The number of hydrogen-bond donors (Lipinski definition) is 1. The Morgan fingerprint density at radius 2 is 1.76 bits per heavy atom. The lowest BCUT2D eigenvalue weighted by atomic mass is 10.0. The van der Waals surface area contributed by atoms with Crippen LogP contribution in [-0.4, -0.2) is 24.9 Å². The first-order valence-electron chi connectivity index (χ1n) is 5.54. The van der Waals surface area contributed by atoms with Crippen LogP contribution in [0.1, 0.15) is 26.7 Å². The topological polar surface area (TPSA) is 54.4 Å². The fourth-order valence-electron chi connectivity index (χ4n) is 1.58. The van der Waals surface area contributed by atoms with Crippen LogP contribution >= 0.6 is 0 Å². The molecule has 0 aliphatic carbocycles. The summed E-state index contributed by atoms with van der Waals surface area (Å²) in [6, 6.07) is 5.22. The van der Waals surface area contributed by atoms with Gasteiger partial charge in [-0.25, -0.2) is 12.8 Å². The van der Waals surface area contributed by atoms with E-state index in [1.165, 1.54) is 18.2 Å². The first-order chi connectivity index (χ1) is 7.84. The lowest BCUT2D eigenvalue weighted by Crippen LogP contribution is -2.36. The van der Waals surface area contributed by atoms with E-state index >= 15 is 0 Å². The molecule has 0 saturated carbocycles. The van der Waals surface area contributed by atoms with Crippen molar-refractivity contribution in [3.8, 4) is 0 Å². The van der Waals surface area contributed by atoms with Crippen molar-refractivity contribution in [3.63, 3.8) is 0 Å². The molecule has 0 radical (unpaired) electrons. The molecule has 0 heterocycles. The number of rotatable bonds is 5. The largest absolute Gasteiger partial charge is 0.389 e. The molecule has 0 bridgehead atoms. The summed E-state index contributed by atoms with van der Waals surface area (Å²) in [5.41, 5.74) is -1.29. The molecule has 0 amide bonds. The van der Waals surface area contributed by atoms with Gasteiger partial charge in [0.15, 0.2) is 9.84 Å². The van der Waals surface area contributed by atoms with E-state index < -0.39 is 27.0 Å². The fourth-order valence-corrected chi connectivity index (χ4v) is 3.50. The zero-order chi connectivity index (χ0) is 13.1. The molecule has 0 saturated heterocycles. The molecule has 1 aromatic rings. The second-order valence-corrected chi connectivity index (χ2v) is 6.08. The van der Waals surface area contributed by atoms with Crippen LogP contribution in [0.25, 0.3) is 0 Å². The molecular formula is C12H17FO3S. The van der Waals surface area contributed by atoms with E-state index in [-0.39, 0.29) is 4.90 Å². The minimum atomic E-state index is -3.80. The van der Waals surface area contributed by atoms with Crippen LogP contribution in [0.2, 0.25) is 0 Å². The van der Waals surface area contributed by atoms with Gasteiger partial charge in [0.1, 0.15) is 10.7 Å². The molecule has 1 N–H and O–H groups in total. The summed E-state index contributed by atoms with van der Waals surface area (Å²) >= 11 is 0. The molecule has 0 fully saturated rings. The highest BCUT2D eigenvalue weighted by molar-refractivity contribution is 7.91. The molecule has 0 aromatic heterocycles. The van der Waals surface area contributed by atoms with Crippen molar-refractivity contribution in [1.29, 1.82) is 0 Å². The highest BCUT2D eigenvalue weighted by atomic mass is 32.2. The Morgan fingerprint density at radius 1 is 1.24 bits per heavy atom. The Kier molecular flexibility index (Phi) is 4.27. The van der Waals surface area contributed by atoms with Crippen LogP contribution in [0.5, 0.6) is 0 Å². The van der Waals surface area contributed by atoms with Crippen LogP contribution in [0, 0.1) is 5.82 Å². The summed E-state index contributed by atoms with van der Waals surface area (Å²) in [5.74, 6) is -1.23. The molecule has 3 nitrogen and oxygen atoms in total. The fraction of sp³-hybridized carbons (Fsp3) is 0.500. The van der Waals surface area contributed by atoms with Crippen molar-refractivity contribution in [2.24, 2.45) is 0 Å². The summed E-state index contributed by atoms with van der Waals surface area (Å²) in [6.45, 7) is 3.42. The predicted molar refractivity (Wildman–Crippen MR) is 64.0 cm³/mol. The van der Waals surface area contributed by atoms with Crippen molar-refractivity contribution in [2.45, 2.75) is 37.2 Å². The van der Waals surface area contributed by atoms with Crippen LogP contribution in [0.3, 0.4) is 0 Å². The Morgan fingerprint density at radius 3 is 2.24 bits per heavy atom. The maximum Gasteiger partial charge on any atom is 0.184 e. The van der Waals surface area contributed by atoms with Gasteiger partial charge in [-0.3, -0.25) is 0 Å². The molecule has 1 aromatic carbocycles. The van der Waals surface area contributed by atoms with E-state index in [4.69, 9.17) is 0 Å². The smallest absolute Gasteiger partial charge is 0.184 e. The van der Waals surface area contributed by atoms with Gasteiger partial charge in [-0.2, -0.15) is 0 Å². The van der Waals surface area contributed by atoms with Gasteiger partial charge in [0, 0.05) is 0 Å².